The van der Waals surface area contributed by atoms with E-state index >= 15 is 0 Å². The first-order valence-electron chi connectivity index (χ1n) is 8.43. The summed E-state index contributed by atoms with van der Waals surface area (Å²) in [5, 5.41) is 14.2. The first-order valence-corrected chi connectivity index (χ1v) is 9.31. The number of hydrogen-bond acceptors (Lipinski definition) is 8. The Kier molecular flexibility index (Phi) is 4.90. The molecule has 4 rings (SSSR count). The molecule has 0 saturated heterocycles. The summed E-state index contributed by atoms with van der Waals surface area (Å²) in [5.41, 5.74) is 0.863. The largest absolute Gasteiger partial charge is 0.493 e. The fourth-order valence-electron chi connectivity index (χ4n) is 2.53. The van der Waals surface area contributed by atoms with E-state index in [2.05, 4.69) is 15.3 Å². The lowest BCUT2D eigenvalue weighted by molar-refractivity contribution is 0.0269. The van der Waals surface area contributed by atoms with Crippen LogP contribution in [-0.4, -0.2) is 33.1 Å². The monoisotopic (exact) mass is 396 g/mol. The van der Waals surface area contributed by atoms with Crippen LogP contribution in [0, 0.1) is 0 Å². The number of aromatic nitrogens is 4. The summed E-state index contributed by atoms with van der Waals surface area (Å²) < 4.78 is 17.9. The molecular weight excluding hydrogens is 380 g/mol. The average Bonchev–Trinajstić information content (AvgIpc) is 3.48. The molecule has 1 aromatic carbocycles. The van der Waals surface area contributed by atoms with Gasteiger partial charge in [0.2, 0.25) is 5.69 Å². The van der Waals surface area contributed by atoms with Gasteiger partial charge in [-0.1, -0.05) is 24.3 Å². The lowest BCUT2D eigenvalue weighted by Gasteiger charge is -2.08. The second-order valence-corrected chi connectivity index (χ2v) is 6.74. The molecule has 0 saturated carbocycles. The molecular formula is C19H16N4O4S. The molecule has 1 atom stereocenters. The number of esters is 1. The van der Waals surface area contributed by atoms with Crippen molar-refractivity contribution in [2.24, 2.45) is 0 Å². The molecule has 3 heterocycles. The third kappa shape index (κ3) is 3.52. The van der Waals surface area contributed by atoms with Crippen LogP contribution in [0.3, 0.4) is 0 Å². The Morgan fingerprint density at radius 2 is 2.00 bits per heavy atom. The Labute approximate surface area is 164 Å². The predicted octanol–water partition coefficient (Wildman–Crippen LogP) is 3.91. The van der Waals surface area contributed by atoms with Gasteiger partial charge in [0.25, 0.3) is 11.8 Å². The molecule has 0 N–H and O–H groups in total. The van der Waals surface area contributed by atoms with Crippen LogP contribution in [0.25, 0.3) is 16.5 Å². The van der Waals surface area contributed by atoms with E-state index < -0.39 is 12.1 Å². The van der Waals surface area contributed by atoms with Crippen molar-refractivity contribution >= 4 is 17.3 Å². The summed E-state index contributed by atoms with van der Waals surface area (Å²) in [4.78, 5) is 13.5. The van der Waals surface area contributed by atoms with Crippen molar-refractivity contribution < 1.29 is 18.7 Å². The molecule has 0 aliphatic carbocycles. The highest BCUT2D eigenvalue weighted by Crippen LogP contribution is 2.27. The van der Waals surface area contributed by atoms with E-state index in [0.29, 0.717) is 11.6 Å². The zero-order chi connectivity index (χ0) is 19.5. The summed E-state index contributed by atoms with van der Waals surface area (Å²) in [6, 6.07) is 13.2. The van der Waals surface area contributed by atoms with Gasteiger partial charge in [-0.2, -0.15) is 5.10 Å². The Morgan fingerprint density at radius 3 is 2.71 bits per heavy atom. The minimum Gasteiger partial charge on any atom is -0.493 e. The van der Waals surface area contributed by atoms with Crippen LogP contribution in [0.5, 0.6) is 5.75 Å². The minimum absolute atomic E-state index is 0.0659. The molecule has 0 unspecified atom stereocenters. The van der Waals surface area contributed by atoms with E-state index in [4.69, 9.17) is 13.9 Å². The number of carbonyl (C=O) groups excluding carboxylic acids is 1. The summed E-state index contributed by atoms with van der Waals surface area (Å²) in [6.07, 6.45) is 0.887. The zero-order valence-electron chi connectivity index (χ0n) is 15.1. The van der Waals surface area contributed by atoms with Gasteiger partial charge in [-0.3, -0.25) is 0 Å². The average molecular weight is 396 g/mol. The van der Waals surface area contributed by atoms with Crippen LogP contribution < -0.4 is 4.74 Å². The molecule has 0 amide bonds. The van der Waals surface area contributed by atoms with E-state index in [1.165, 1.54) is 18.4 Å². The Hall–Kier alpha value is -3.46. The van der Waals surface area contributed by atoms with Crippen LogP contribution >= 0.6 is 11.3 Å². The fourth-order valence-corrected chi connectivity index (χ4v) is 3.17. The van der Waals surface area contributed by atoms with Gasteiger partial charge in [0.15, 0.2) is 11.9 Å². The molecule has 4 aromatic rings. The summed E-state index contributed by atoms with van der Waals surface area (Å²) >= 11 is 1.48. The highest BCUT2D eigenvalue weighted by atomic mass is 32.1. The van der Waals surface area contributed by atoms with E-state index in [0.717, 1.165) is 10.6 Å². The van der Waals surface area contributed by atoms with Crippen LogP contribution in [0.4, 0.5) is 0 Å². The third-order valence-corrected chi connectivity index (χ3v) is 4.78. The molecule has 0 bridgehead atoms. The number of rotatable bonds is 6. The maximum absolute atomic E-state index is 12.6. The zero-order valence-corrected chi connectivity index (χ0v) is 15.9. The van der Waals surface area contributed by atoms with Gasteiger partial charge in [-0.05, 0) is 30.5 Å². The van der Waals surface area contributed by atoms with Crippen LogP contribution in [-0.2, 0) is 4.74 Å². The first-order chi connectivity index (χ1) is 13.7. The Bertz CT molecular complexity index is 1070. The predicted molar refractivity (Wildman–Crippen MR) is 102 cm³/mol. The molecule has 8 nitrogen and oxygen atoms in total. The number of hydrogen-bond donors (Lipinski definition) is 0. The third-order valence-electron chi connectivity index (χ3n) is 3.92. The molecule has 142 valence electrons. The van der Waals surface area contributed by atoms with Gasteiger partial charge in [0, 0.05) is 0 Å². The van der Waals surface area contributed by atoms with Crippen LogP contribution in [0.1, 0.15) is 29.4 Å². The molecule has 0 aliphatic heterocycles. The normalized spacial score (nSPS) is 11.9. The number of nitrogens with zero attached hydrogens (tertiary/aromatic N) is 4. The quantitative estimate of drug-likeness (QED) is 0.456. The summed E-state index contributed by atoms with van der Waals surface area (Å²) in [5.74, 6) is 0.262. The number of carbonyl (C=O) groups is 1. The molecule has 0 radical (unpaired) electrons. The molecule has 0 aliphatic rings. The Balaban J connectivity index is 1.52. The van der Waals surface area contributed by atoms with Gasteiger partial charge in [0.05, 0.1) is 23.9 Å². The maximum Gasteiger partial charge on any atom is 0.363 e. The summed E-state index contributed by atoms with van der Waals surface area (Å²) in [7, 11) is 1.47. The number of benzene rings is 1. The van der Waals surface area contributed by atoms with Crippen molar-refractivity contribution in [2.45, 2.75) is 13.0 Å². The number of thiophene rings is 1. The van der Waals surface area contributed by atoms with Crippen molar-refractivity contribution in [1.29, 1.82) is 0 Å². The highest BCUT2D eigenvalue weighted by Gasteiger charge is 2.25. The lowest BCUT2D eigenvalue weighted by Crippen LogP contribution is -2.11. The number of ether oxygens (including phenoxy) is 2. The van der Waals surface area contributed by atoms with E-state index in [9.17, 15) is 4.79 Å². The topological polar surface area (TPSA) is 92.3 Å². The second-order valence-electron chi connectivity index (χ2n) is 5.80. The van der Waals surface area contributed by atoms with E-state index in [-0.39, 0.29) is 11.6 Å². The van der Waals surface area contributed by atoms with Gasteiger partial charge in [0.1, 0.15) is 0 Å². The minimum atomic E-state index is -0.736. The van der Waals surface area contributed by atoms with E-state index in [1.54, 1.807) is 17.8 Å². The molecule has 0 fully saturated rings. The number of methoxy groups -OCH3 is 1. The smallest absolute Gasteiger partial charge is 0.363 e. The highest BCUT2D eigenvalue weighted by molar-refractivity contribution is 7.13. The number of para-hydroxylation sites is 1. The molecule has 0 spiro atoms. The van der Waals surface area contributed by atoms with Gasteiger partial charge in [-0.15, -0.1) is 21.5 Å². The SMILES string of the molecule is COc1cn(-c2ccccc2)nc1C(=O)O[C@@H](C)c1nnc(-c2cccs2)o1. The standard InChI is InChI=1S/C19H16N4O4S/c1-12(17-20-21-18(27-17)15-9-6-10-28-15)26-19(24)16-14(25-2)11-23(22-16)13-7-4-3-5-8-13/h3-12H,1-2H3/t12-/m0/s1. The van der Waals surface area contributed by atoms with Gasteiger partial charge >= 0.3 is 5.97 Å². The fraction of sp³-hybridized carbons (Fsp3) is 0.158. The van der Waals surface area contributed by atoms with Crippen molar-refractivity contribution in [3.8, 4) is 22.2 Å². The Morgan fingerprint density at radius 1 is 1.18 bits per heavy atom. The van der Waals surface area contributed by atoms with Crippen molar-refractivity contribution in [2.75, 3.05) is 7.11 Å². The second kappa shape index (κ2) is 7.65. The van der Waals surface area contributed by atoms with Crippen molar-refractivity contribution in [1.82, 2.24) is 20.0 Å². The van der Waals surface area contributed by atoms with Gasteiger partial charge < -0.3 is 13.9 Å². The molecule has 9 heteroatoms. The summed E-state index contributed by atoms with van der Waals surface area (Å²) in [6.45, 7) is 1.66. The van der Waals surface area contributed by atoms with Gasteiger partial charge in [-0.25, -0.2) is 9.48 Å². The van der Waals surface area contributed by atoms with E-state index in [1.807, 2.05) is 47.8 Å². The van der Waals surface area contributed by atoms with Crippen molar-refractivity contribution in [3.63, 3.8) is 0 Å². The maximum atomic E-state index is 12.6. The lowest BCUT2D eigenvalue weighted by atomic mass is 10.3. The molecule has 28 heavy (non-hydrogen) atoms. The van der Waals surface area contributed by atoms with Crippen molar-refractivity contribution in [3.05, 3.63) is 65.6 Å². The first kappa shape index (κ1) is 17.9. The van der Waals surface area contributed by atoms with Crippen LogP contribution in [0.15, 0.2) is 58.5 Å². The van der Waals surface area contributed by atoms with Crippen LogP contribution in [0.2, 0.25) is 0 Å². The molecule has 3 aromatic heterocycles.